The zero-order valence-corrected chi connectivity index (χ0v) is 10.2. The van der Waals surface area contributed by atoms with Crippen LogP contribution in [0.25, 0.3) is 0 Å². The Morgan fingerprint density at radius 1 is 1.40 bits per heavy atom. The van der Waals surface area contributed by atoms with Crippen molar-refractivity contribution in [2.24, 2.45) is 5.41 Å². The highest BCUT2D eigenvalue weighted by Crippen LogP contribution is 2.41. The molecular formula is C12H18N2S. The van der Waals surface area contributed by atoms with Crippen LogP contribution in [0.1, 0.15) is 51.3 Å². The van der Waals surface area contributed by atoms with Gasteiger partial charge < -0.3 is 4.98 Å². The van der Waals surface area contributed by atoms with Gasteiger partial charge in [-0.3, -0.25) is 0 Å². The molecule has 82 valence electrons. The standard InChI is InChI=1S/C12H18N2S/c1-12(2)6-3-9(4-7-12)11-13-8-5-10(15)14-11/h5,8-9H,3-4,6-7H2,1-2H3,(H,13,14,15). The minimum Gasteiger partial charge on any atom is -0.335 e. The van der Waals surface area contributed by atoms with Crippen LogP contribution in [0.15, 0.2) is 12.3 Å². The monoisotopic (exact) mass is 222 g/mol. The Kier molecular flexibility index (Phi) is 2.91. The molecule has 1 fully saturated rings. The van der Waals surface area contributed by atoms with Crippen LogP contribution in [0.4, 0.5) is 0 Å². The number of nitrogens with zero attached hydrogens (tertiary/aromatic N) is 1. The molecule has 2 nitrogen and oxygen atoms in total. The van der Waals surface area contributed by atoms with Crippen molar-refractivity contribution in [3.8, 4) is 0 Å². The third-order valence-corrected chi connectivity index (χ3v) is 3.65. The summed E-state index contributed by atoms with van der Waals surface area (Å²) in [5, 5.41) is 0. The minimum absolute atomic E-state index is 0.516. The van der Waals surface area contributed by atoms with Crippen molar-refractivity contribution in [1.29, 1.82) is 0 Å². The van der Waals surface area contributed by atoms with Crippen LogP contribution in [-0.2, 0) is 0 Å². The van der Waals surface area contributed by atoms with Crippen molar-refractivity contribution >= 4 is 12.2 Å². The largest absolute Gasteiger partial charge is 0.335 e. The quantitative estimate of drug-likeness (QED) is 0.732. The molecule has 2 rings (SSSR count). The molecule has 0 atom stereocenters. The molecule has 15 heavy (non-hydrogen) atoms. The van der Waals surface area contributed by atoms with Gasteiger partial charge in [-0.1, -0.05) is 26.1 Å². The van der Waals surface area contributed by atoms with Crippen molar-refractivity contribution in [1.82, 2.24) is 9.97 Å². The molecule has 0 saturated heterocycles. The van der Waals surface area contributed by atoms with Crippen LogP contribution in [0.5, 0.6) is 0 Å². The molecule has 1 aromatic heterocycles. The zero-order valence-electron chi connectivity index (χ0n) is 9.42. The summed E-state index contributed by atoms with van der Waals surface area (Å²) in [7, 11) is 0. The second-order valence-electron chi connectivity index (χ2n) is 5.26. The highest BCUT2D eigenvalue weighted by molar-refractivity contribution is 7.71. The summed E-state index contributed by atoms with van der Waals surface area (Å²) in [4.78, 5) is 7.60. The summed E-state index contributed by atoms with van der Waals surface area (Å²) in [5.74, 6) is 1.67. The van der Waals surface area contributed by atoms with Gasteiger partial charge in [-0.05, 0) is 37.2 Å². The first-order valence-electron chi connectivity index (χ1n) is 5.62. The predicted octanol–water partition coefficient (Wildman–Crippen LogP) is 3.82. The molecule has 0 amide bonds. The lowest BCUT2D eigenvalue weighted by Crippen LogP contribution is -2.21. The van der Waals surface area contributed by atoms with Crippen molar-refractivity contribution < 1.29 is 0 Å². The zero-order chi connectivity index (χ0) is 10.9. The summed E-state index contributed by atoms with van der Waals surface area (Å²) < 4.78 is 0.796. The van der Waals surface area contributed by atoms with Gasteiger partial charge in [0.15, 0.2) is 0 Å². The van der Waals surface area contributed by atoms with Crippen molar-refractivity contribution in [3.63, 3.8) is 0 Å². The van der Waals surface area contributed by atoms with Gasteiger partial charge in [-0.25, -0.2) is 4.98 Å². The summed E-state index contributed by atoms with van der Waals surface area (Å²) in [6.45, 7) is 4.70. The first kappa shape index (κ1) is 10.8. The first-order valence-corrected chi connectivity index (χ1v) is 6.03. The van der Waals surface area contributed by atoms with E-state index in [1.165, 1.54) is 25.7 Å². The van der Waals surface area contributed by atoms with Crippen molar-refractivity contribution in [2.45, 2.75) is 45.4 Å². The van der Waals surface area contributed by atoms with E-state index in [4.69, 9.17) is 12.2 Å². The van der Waals surface area contributed by atoms with E-state index in [0.29, 0.717) is 11.3 Å². The topological polar surface area (TPSA) is 28.7 Å². The van der Waals surface area contributed by atoms with Gasteiger partial charge in [0.05, 0.1) is 0 Å². The Hall–Kier alpha value is -0.700. The van der Waals surface area contributed by atoms with Crippen molar-refractivity contribution in [2.75, 3.05) is 0 Å². The number of aromatic nitrogens is 2. The van der Waals surface area contributed by atoms with Crippen LogP contribution >= 0.6 is 12.2 Å². The average Bonchev–Trinajstić information content (AvgIpc) is 2.17. The van der Waals surface area contributed by atoms with Gasteiger partial charge in [0, 0.05) is 12.1 Å². The van der Waals surface area contributed by atoms with Gasteiger partial charge in [0.25, 0.3) is 0 Å². The maximum Gasteiger partial charge on any atom is 0.110 e. The van der Waals surface area contributed by atoms with Crippen LogP contribution < -0.4 is 0 Å². The molecule has 3 heteroatoms. The second-order valence-corrected chi connectivity index (χ2v) is 5.70. The smallest absolute Gasteiger partial charge is 0.110 e. The lowest BCUT2D eigenvalue weighted by atomic mass is 9.73. The summed E-state index contributed by atoms with van der Waals surface area (Å²) in [5.41, 5.74) is 0.516. The lowest BCUT2D eigenvalue weighted by molar-refractivity contribution is 0.220. The molecule has 1 saturated carbocycles. The Morgan fingerprint density at radius 2 is 2.07 bits per heavy atom. The maximum atomic E-state index is 5.12. The van der Waals surface area contributed by atoms with E-state index >= 15 is 0 Å². The SMILES string of the molecule is CC1(C)CCC(c2nccc(=S)[nH]2)CC1. The molecule has 1 N–H and O–H groups in total. The highest BCUT2D eigenvalue weighted by atomic mass is 32.1. The fraction of sp³-hybridized carbons (Fsp3) is 0.667. The number of H-pyrrole nitrogens is 1. The number of hydrogen-bond acceptors (Lipinski definition) is 2. The molecule has 0 unspecified atom stereocenters. The third kappa shape index (κ3) is 2.65. The molecule has 0 aliphatic heterocycles. The summed E-state index contributed by atoms with van der Waals surface area (Å²) >= 11 is 5.12. The number of rotatable bonds is 1. The van der Waals surface area contributed by atoms with Crippen LogP contribution in [0.3, 0.4) is 0 Å². The normalized spacial score (nSPS) is 21.5. The van der Waals surface area contributed by atoms with Crippen LogP contribution in [0, 0.1) is 10.1 Å². The molecule has 1 aliphatic carbocycles. The predicted molar refractivity (Wildman–Crippen MR) is 64.4 cm³/mol. The first-order chi connectivity index (χ1) is 7.07. The van der Waals surface area contributed by atoms with E-state index in [1.807, 2.05) is 12.3 Å². The molecule has 0 radical (unpaired) electrons. The van der Waals surface area contributed by atoms with E-state index in [-0.39, 0.29) is 0 Å². The van der Waals surface area contributed by atoms with Crippen LogP contribution in [0.2, 0.25) is 0 Å². The molecular weight excluding hydrogens is 204 g/mol. The maximum absolute atomic E-state index is 5.12. The highest BCUT2D eigenvalue weighted by Gasteiger charge is 2.28. The fourth-order valence-electron chi connectivity index (χ4n) is 2.27. The van der Waals surface area contributed by atoms with Gasteiger partial charge >= 0.3 is 0 Å². The molecule has 0 aromatic carbocycles. The van der Waals surface area contributed by atoms with Gasteiger partial charge in [0.2, 0.25) is 0 Å². The molecule has 0 bridgehead atoms. The number of nitrogens with one attached hydrogen (secondary N) is 1. The van der Waals surface area contributed by atoms with E-state index in [1.54, 1.807) is 0 Å². The van der Waals surface area contributed by atoms with Crippen molar-refractivity contribution in [3.05, 3.63) is 22.7 Å². The summed E-state index contributed by atoms with van der Waals surface area (Å²) in [6.07, 6.45) is 6.85. The van der Waals surface area contributed by atoms with Crippen LogP contribution in [-0.4, -0.2) is 9.97 Å². The van der Waals surface area contributed by atoms with E-state index in [9.17, 15) is 0 Å². The van der Waals surface area contributed by atoms with E-state index < -0.39 is 0 Å². The van der Waals surface area contributed by atoms with Gasteiger partial charge in [-0.15, -0.1) is 0 Å². The van der Waals surface area contributed by atoms with E-state index in [0.717, 1.165) is 10.5 Å². The lowest BCUT2D eigenvalue weighted by Gasteiger charge is -2.33. The summed E-state index contributed by atoms with van der Waals surface area (Å²) in [6, 6.07) is 1.84. The fourth-order valence-corrected chi connectivity index (χ4v) is 2.43. The molecule has 1 heterocycles. The Bertz CT molecular complexity index is 385. The molecule has 1 aromatic rings. The Morgan fingerprint density at radius 3 is 2.67 bits per heavy atom. The molecule has 1 aliphatic rings. The van der Waals surface area contributed by atoms with Gasteiger partial charge in [0.1, 0.15) is 10.5 Å². The van der Waals surface area contributed by atoms with E-state index in [2.05, 4.69) is 23.8 Å². The Balaban J connectivity index is 2.11. The van der Waals surface area contributed by atoms with Gasteiger partial charge in [-0.2, -0.15) is 0 Å². The third-order valence-electron chi connectivity index (χ3n) is 3.42. The average molecular weight is 222 g/mol. The minimum atomic E-state index is 0.516. The molecule has 0 spiro atoms. The Labute approximate surface area is 96.1 Å². The number of hydrogen-bond donors (Lipinski definition) is 1. The second kappa shape index (κ2) is 4.05. The number of aromatic amines is 1.